The van der Waals surface area contributed by atoms with Crippen LogP contribution in [0.15, 0.2) is 29.4 Å². The Morgan fingerprint density at radius 2 is 2.06 bits per heavy atom. The van der Waals surface area contributed by atoms with Crippen molar-refractivity contribution in [3.8, 4) is 0 Å². The minimum atomic E-state index is -0.116. The van der Waals surface area contributed by atoms with Gasteiger partial charge < -0.3 is 5.32 Å². The Hall–Kier alpha value is -2.37. The number of benzene rings is 1. The van der Waals surface area contributed by atoms with Gasteiger partial charge in [-0.2, -0.15) is 5.10 Å². The minimum absolute atomic E-state index is 0.0300. The Balaban J connectivity index is 2.95. The van der Waals surface area contributed by atoms with Gasteiger partial charge in [0.2, 0.25) is 5.91 Å². The number of guanidine groups is 1. The van der Waals surface area contributed by atoms with E-state index in [0.717, 1.165) is 5.56 Å². The first-order valence-electron chi connectivity index (χ1n) is 5.05. The molecule has 6 heteroatoms. The monoisotopic (exact) mass is 234 g/mol. The van der Waals surface area contributed by atoms with E-state index in [1.54, 1.807) is 6.07 Å². The maximum atomic E-state index is 10.9. The standard InChI is InChI=1S/C11H15N5O/c1-7(15-16-11(12)13)9-4-3-5-10(6-9)14-8(2)17/h3-6H,1-2H3,(H,14,17)(H4,12,13,16)/p+1/b15-7-. The van der Waals surface area contributed by atoms with E-state index in [1.165, 1.54) is 6.92 Å². The Morgan fingerprint density at radius 3 is 2.65 bits per heavy atom. The normalized spacial score (nSPS) is 10.8. The fourth-order valence-corrected chi connectivity index (χ4v) is 1.24. The molecule has 0 aliphatic rings. The molecule has 6 N–H and O–H groups in total. The molecule has 0 fully saturated rings. The van der Waals surface area contributed by atoms with Gasteiger partial charge in [-0.25, -0.2) is 0 Å². The predicted octanol–water partition coefficient (Wildman–Crippen LogP) is -1.28. The lowest BCUT2D eigenvalue weighted by Gasteiger charge is -2.04. The van der Waals surface area contributed by atoms with E-state index in [1.807, 2.05) is 25.1 Å². The molecular weight excluding hydrogens is 218 g/mol. The van der Waals surface area contributed by atoms with Gasteiger partial charge in [-0.1, -0.05) is 12.1 Å². The highest BCUT2D eigenvalue weighted by atomic mass is 16.1. The van der Waals surface area contributed by atoms with Crippen LogP contribution in [0.25, 0.3) is 0 Å². The Morgan fingerprint density at radius 1 is 1.35 bits per heavy atom. The van der Waals surface area contributed by atoms with Gasteiger partial charge in [0.15, 0.2) is 0 Å². The molecule has 1 aromatic rings. The zero-order valence-electron chi connectivity index (χ0n) is 9.82. The molecule has 0 unspecified atom stereocenters. The summed E-state index contributed by atoms with van der Waals surface area (Å²) >= 11 is 0. The fourth-order valence-electron chi connectivity index (χ4n) is 1.24. The number of rotatable bonds is 3. The van der Waals surface area contributed by atoms with Gasteiger partial charge in [-0.15, -0.1) is 5.10 Å². The SMILES string of the molecule is CC(=O)Nc1cccc(/C(C)=N\[NH+]=C(N)N)c1. The van der Waals surface area contributed by atoms with E-state index in [9.17, 15) is 4.79 Å². The highest BCUT2D eigenvalue weighted by molar-refractivity contribution is 6.00. The summed E-state index contributed by atoms with van der Waals surface area (Å²) in [6, 6.07) is 7.32. The number of nitrogens with one attached hydrogen (secondary N) is 2. The fraction of sp³-hybridized carbons (Fsp3) is 0.182. The van der Waals surface area contributed by atoms with Crippen molar-refractivity contribution in [2.24, 2.45) is 16.6 Å². The molecule has 0 heterocycles. The van der Waals surface area contributed by atoms with E-state index in [2.05, 4.69) is 15.5 Å². The molecule has 0 atom stereocenters. The Kier molecular flexibility index (Phi) is 4.21. The molecule has 90 valence electrons. The van der Waals surface area contributed by atoms with Crippen LogP contribution in [0.3, 0.4) is 0 Å². The third-order valence-electron chi connectivity index (χ3n) is 1.95. The van der Waals surface area contributed by atoms with Crippen molar-refractivity contribution in [3.05, 3.63) is 29.8 Å². The lowest BCUT2D eigenvalue weighted by atomic mass is 10.1. The summed E-state index contributed by atoms with van der Waals surface area (Å²) in [5, 5.41) is 9.15. The molecule has 0 bridgehead atoms. The molecule has 6 nitrogen and oxygen atoms in total. The average Bonchev–Trinajstić information content (AvgIpc) is 2.25. The van der Waals surface area contributed by atoms with Crippen molar-refractivity contribution in [1.82, 2.24) is 0 Å². The molecule has 0 saturated heterocycles. The molecule has 17 heavy (non-hydrogen) atoms. The number of anilines is 1. The maximum absolute atomic E-state index is 10.9. The zero-order valence-corrected chi connectivity index (χ0v) is 9.82. The summed E-state index contributed by atoms with van der Waals surface area (Å²) in [6.45, 7) is 3.27. The minimum Gasteiger partial charge on any atom is -0.326 e. The van der Waals surface area contributed by atoms with Crippen molar-refractivity contribution in [2.75, 3.05) is 5.32 Å². The molecule has 0 aliphatic carbocycles. The third-order valence-corrected chi connectivity index (χ3v) is 1.95. The van der Waals surface area contributed by atoms with Crippen molar-refractivity contribution in [2.45, 2.75) is 13.8 Å². The second-order valence-electron chi connectivity index (χ2n) is 3.53. The predicted molar refractivity (Wildman–Crippen MR) is 67.3 cm³/mol. The van der Waals surface area contributed by atoms with E-state index in [4.69, 9.17) is 11.5 Å². The van der Waals surface area contributed by atoms with Crippen LogP contribution >= 0.6 is 0 Å². The topological polar surface area (TPSA) is 107 Å². The van der Waals surface area contributed by atoms with E-state index < -0.39 is 0 Å². The van der Waals surface area contributed by atoms with Crippen molar-refractivity contribution >= 4 is 23.3 Å². The first kappa shape index (κ1) is 12.7. The van der Waals surface area contributed by atoms with Gasteiger partial charge in [0.25, 0.3) is 0 Å². The molecule has 0 aromatic heterocycles. The number of amides is 1. The summed E-state index contributed by atoms with van der Waals surface area (Å²) < 4.78 is 0. The first-order valence-corrected chi connectivity index (χ1v) is 5.05. The second kappa shape index (κ2) is 5.64. The van der Waals surface area contributed by atoms with Crippen LogP contribution in [0.5, 0.6) is 0 Å². The maximum Gasteiger partial charge on any atom is 0.362 e. The van der Waals surface area contributed by atoms with Crippen LogP contribution in [0.4, 0.5) is 5.69 Å². The second-order valence-corrected chi connectivity index (χ2v) is 3.53. The van der Waals surface area contributed by atoms with Crippen LogP contribution in [-0.4, -0.2) is 17.6 Å². The molecule has 0 spiro atoms. The quantitative estimate of drug-likeness (QED) is 0.297. The number of hydrogen-bond donors (Lipinski definition) is 4. The van der Waals surface area contributed by atoms with Crippen molar-refractivity contribution in [1.29, 1.82) is 0 Å². The largest absolute Gasteiger partial charge is 0.362 e. The molecule has 0 aliphatic heterocycles. The molecular formula is C11H16N5O+. The van der Waals surface area contributed by atoms with Gasteiger partial charge in [0, 0.05) is 18.2 Å². The molecule has 1 aromatic carbocycles. The number of nitrogens with two attached hydrogens (primary N) is 2. The van der Waals surface area contributed by atoms with Gasteiger partial charge in [0.05, 0.1) is 5.71 Å². The Labute approximate surface area is 99.4 Å². The summed E-state index contributed by atoms with van der Waals surface area (Å²) in [7, 11) is 0. The van der Waals surface area contributed by atoms with Crippen LogP contribution in [0, 0.1) is 0 Å². The highest BCUT2D eigenvalue weighted by Crippen LogP contribution is 2.10. The summed E-state index contributed by atoms with van der Waals surface area (Å²) in [6.07, 6.45) is 0. The van der Waals surface area contributed by atoms with Gasteiger partial charge >= 0.3 is 5.96 Å². The summed E-state index contributed by atoms with van der Waals surface area (Å²) in [5.41, 5.74) is 12.8. The van der Waals surface area contributed by atoms with Gasteiger partial charge in [-0.3, -0.25) is 16.3 Å². The van der Waals surface area contributed by atoms with Gasteiger partial charge in [0.1, 0.15) is 0 Å². The first-order chi connectivity index (χ1) is 7.99. The Bertz CT molecular complexity index is 475. The molecule has 1 amide bonds. The molecule has 1 rings (SSSR count). The number of nitrogens with zero attached hydrogens (tertiary/aromatic N) is 1. The lowest BCUT2D eigenvalue weighted by molar-refractivity contribution is -0.464. The van der Waals surface area contributed by atoms with Crippen LogP contribution < -0.4 is 21.9 Å². The molecule has 0 saturated carbocycles. The number of carbonyl (C=O) groups is 1. The smallest absolute Gasteiger partial charge is 0.326 e. The van der Waals surface area contributed by atoms with Crippen LogP contribution in [0.2, 0.25) is 0 Å². The number of carbonyl (C=O) groups excluding carboxylic acids is 1. The van der Waals surface area contributed by atoms with Crippen LogP contribution in [0.1, 0.15) is 19.4 Å². The lowest BCUT2D eigenvalue weighted by Crippen LogP contribution is -2.72. The average molecular weight is 234 g/mol. The number of hydrogen-bond acceptors (Lipinski definition) is 2. The summed E-state index contributed by atoms with van der Waals surface area (Å²) in [4.78, 5) is 10.9. The zero-order chi connectivity index (χ0) is 12.8. The van der Waals surface area contributed by atoms with Crippen molar-refractivity contribution < 1.29 is 9.90 Å². The van der Waals surface area contributed by atoms with Crippen LogP contribution in [-0.2, 0) is 4.79 Å². The highest BCUT2D eigenvalue weighted by Gasteiger charge is 2.01. The van der Waals surface area contributed by atoms with E-state index >= 15 is 0 Å². The van der Waals surface area contributed by atoms with Crippen molar-refractivity contribution in [3.63, 3.8) is 0 Å². The van der Waals surface area contributed by atoms with Gasteiger partial charge in [-0.05, 0) is 19.1 Å². The third kappa shape index (κ3) is 4.33. The molecule has 0 radical (unpaired) electrons. The van der Waals surface area contributed by atoms with E-state index in [-0.39, 0.29) is 11.9 Å². The summed E-state index contributed by atoms with van der Waals surface area (Å²) in [5.74, 6) is -0.0863. The number of hydrazone groups is 1. The van der Waals surface area contributed by atoms with E-state index in [0.29, 0.717) is 11.4 Å².